The monoisotopic (exact) mass is 510 g/mol. The van der Waals surface area contributed by atoms with Crippen LogP contribution in [0.15, 0.2) is 59.6 Å². The van der Waals surface area contributed by atoms with Crippen molar-refractivity contribution in [3.05, 3.63) is 71.5 Å². The first-order valence-corrected chi connectivity index (χ1v) is 9.74. The minimum atomic E-state index is -0.202. The molecule has 7 heteroatoms. The van der Waals surface area contributed by atoms with Gasteiger partial charge in [0.25, 0.3) is 5.91 Å². The van der Waals surface area contributed by atoms with Crippen LogP contribution in [-0.4, -0.2) is 38.0 Å². The fourth-order valence-corrected chi connectivity index (χ4v) is 3.13. The highest BCUT2D eigenvalue weighted by atomic mass is 127. The van der Waals surface area contributed by atoms with Gasteiger partial charge in [0.05, 0.1) is 6.54 Å². The third-order valence-corrected chi connectivity index (χ3v) is 4.91. The first kappa shape index (κ1) is 23.1. The molecule has 0 radical (unpaired) electrons. The summed E-state index contributed by atoms with van der Waals surface area (Å²) in [5.41, 5.74) is 1.61. The molecule has 2 aromatic carbocycles. The molecule has 29 heavy (non-hydrogen) atoms. The fraction of sp³-hybridized carbons (Fsp3) is 0.364. The Bertz CT molecular complexity index is 825. The SMILES string of the molecule is CCNC(=NCC1(c2cccc(F)c2)CC1)NCCNC(=O)c1ccccc1.I. The molecular formula is C22H28FIN4O. The Morgan fingerprint density at radius 2 is 1.76 bits per heavy atom. The maximum atomic E-state index is 13.5. The molecule has 3 N–H and O–H groups in total. The molecule has 0 atom stereocenters. The zero-order chi connectivity index (χ0) is 19.8. The van der Waals surface area contributed by atoms with Gasteiger partial charge in [0.2, 0.25) is 0 Å². The van der Waals surface area contributed by atoms with Crippen LogP contribution < -0.4 is 16.0 Å². The van der Waals surface area contributed by atoms with Gasteiger partial charge in [-0.05, 0) is 49.6 Å². The van der Waals surface area contributed by atoms with Gasteiger partial charge in [0.1, 0.15) is 5.82 Å². The van der Waals surface area contributed by atoms with Crippen molar-refractivity contribution in [3.8, 4) is 0 Å². The second kappa shape index (κ2) is 11.1. The van der Waals surface area contributed by atoms with Crippen LogP contribution in [0.5, 0.6) is 0 Å². The van der Waals surface area contributed by atoms with E-state index in [1.165, 1.54) is 6.07 Å². The van der Waals surface area contributed by atoms with Gasteiger partial charge in [0.15, 0.2) is 5.96 Å². The van der Waals surface area contributed by atoms with Crippen molar-refractivity contribution < 1.29 is 9.18 Å². The molecule has 5 nitrogen and oxygen atoms in total. The van der Waals surface area contributed by atoms with Gasteiger partial charge in [-0.25, -0.2) is 4.39 Å². The number of guanidine groups is 1. The lowest BCUT2D eigenvalue weighted by Crippen LogP contribution is -2.42. The molecule has 3 rings (SSSR count). The van der Waals surface area contributed by atoms with Crippen LogP contribution in [0.25, 0.3) is 0 Å². The van der Waals surface area contributed by atoms with E-state index in [4.69, 9.17) is 0 Å². The number of carbonyl (C=O) groups is 1. The van der Waals surface area contributed by atoms with Crippen LogP contribution in [-0.2, 0) is 5.41 Å². The lowest BCUT2D eigenvalue weighted by Gasteiger charge is -2.16. The lowest BCUT2D eigenvalue weighted by molar-refractivity contribution is 0.0954. The minimum absolute atomic E-state index is 0. The molecule has 156 valence electrons. The van der Waals surface area contributed by atoms with Gasteiger partial charge in [-0.2, -0.15) is 0 Å². The molecule has 0 aromatic heterocycles. The highest BCUT2D eigenvalue weighted by Crippen LogP contribution is 2.48. The van der Waals surface area contributed by atoms with E-state index in [-0.39, 0.29) is 41.1 Å². The van der Waals surface area contributed by atoms with E-state index in [2.05, 4.69) is 20.9 Å². The highest BCUT2D eigenvalue weighted by Gasteiger charge is 2.44. The second-order valence-corrected chi connectivity index (χ2v) is 7.03. The predicted molar refractivity (Wildman–Crippen MR) is 125 cm³/mol. The number of rotatable bonds is 8. The van der Waals surface area contributed by atoms with Gasteiger partial charge in [0, 0.05) is 30.6 Å². The lowest BCUT2D eigenvalue weighted by atomic mass is 9.96. The average molecular weight is 510 g/mol. The summed E-state index contributed by atoms with van der Waals surface area (Å²) in [7, 11) is 0. The number of carbonyl (C=O) groups excluding carboxylic acids is 1. The molecule has 1 aliphatic carbocycles. The van der Waals surface area contributed by atoms with E-state index >= 15 is 0 Å². The summed E-state index contributed by atoms with van der Waals surface area (Å²) in [6.07, 6.45) is 2.04. The Hall–Kier alpha value is -2.16. The maximum absolute atomic E-state index is 13.5. The number of hydrogen-bond donors (Lipinski definition) is 3. The number of nitrogens with one attached hydrogen (secondary N) is 3. The van der Waals surface area contributed by atoms with E-state index in [1.54, 1.807) is 24.3 Å². The van der Waals surface area contributed by atoms with Crippen molar-refractivity contribution in [2.24, 2.45) is 4.99 Å². The van der Waals surface area contributed by atoms with Gasteiger partial charge < -0.3 is 16.0 Å². The molecule has 1 saturated carbocycles. The molecule has 1 aliphatic rings. The molecule has 1 fully saturated rings. The first-order chi connectivity index (χ1) is 13.6. The average Bonchev–Trinajstić information content (AvgIpc) is 3.51. The molecule has 0 heterocycles. The van der Waals surface area contributed by atoms with Crippen LogP contribution in [0.3, 0.4) is 0 Å². The van der Waals surface area contributed by atoms with Crippen LogP contribution in [0.1, 0.15) is 35.7 Å². The van der Waals surface area contributed by atoms with Gasteiger partial charge in [-0.1, -0.05) is 30.3 Å². The van der Waals surface area contributed by atoms with Crippen LogP contribution in [0.4, 0.5) is 4.39 Å². The van der Waals surface area contributed by atoms with Crippen LogP contribution in [0.2, 0.25) is 0 Å². The van der Waals surface area contributed by atoms with E-state index in [1.807, 2.05) is 31.2 Å². The quantitative estimate of drug-likeness (QED) is 0.221. The first-order valence-electron chi connectivity index (χ1n) is 9.74. The van der Waals surface area contributed by atoms with Crippen molar-refractivity contribution in [1.82, 2.24) is 16.0 Å². The second-order valence-electron chi connectivity index (χ2n) is 7.03. The Labute approximate surface area is 188 Å². The van der Waals surface area contributed by atoms with E-state index < -0.39 is 0 Å². The number of amides is 1. The molecule has 0 saturated heterocycles. The summed E-state index contributed by atoms with van der Waals surface area (Å²) in [4.78, 5) is 16.7. The van der Waals surface area contributed by atoms with E-state index in [0.717, 1.165) is 24.9 Å². The van der Waals surface area contributed by atoms with E-state index in [9.17, 15) is 9.18 Å². The minimum Gasteiger partial charge on any atom is -0.357 e. The molecule has 1 amide bonds. The third kappa shape index (κ3) is 6.69. The maximum Gasteiger partial charge on any atom is 0.251 e. The summed E-state index contributed by atoms with van der Waals surface area (Å²) in [6, 6.07) is 16.0. The van der Waals surface area contributed by atoms with Crippen LogP contribution >= 0.6 is 24.0 Å². The standard InChI is InChI=1S/C22H27FN4O.HI/c1-2-24-21(26-14-13-25-20(28)17-7-4-3-5-8-17)27-16-22(11-12-22)18-9-6-10-19(23)15-18;/h3-10,15H,2,11-14,16H2,1H3,(H,25,28)(H2,24,26,27);1H. The Morgan fingerprint density at radius 3 is 2.41 bits per heavy atom. The summed E-state index contributed by atoms with van der Waals surface area (Å²) < 4.78 is 13.5. The van der Waals surface area contributed by atoms with E-state index in [0.29, 0.717) is 31.2 Å². The molecule has 0 aliphatic heterocycles. The Balaban J connectivity index is 0.00000300. The van der Waals surface area contributed by atoms with Crippen molar-refractivity contribution in [2.45, 2.75) is 25.2 Å². The third-order valence-electron chi connectivity index (χ3n) is 4.91. The summed E-state index contributed by atoms with van der Waals surface area (Å²) >= 11 is 0. The summed E-state index contributed by atoms with van der Waals surface area (Å²) in [6.45, 7) is 4.43. The number of hydrogen-bond acceptors (Lipinski definition) is 2. The number of halogens is 2. The zero-order valence-corrected chi connectivity index (χ0v) is 18.9. The Morgan fingerprint density at radius 1 is 1.03 bits per heavy atom. The Kier molecular flexibility index (Phi) is 8.88. The van der Waals surface area contributed by atoms with Crippen LogP contribution in [0, 0.1) is 5.82 Å². The number of nitrogens with zero attached hydrogens (tertiary/aromatic N) is 1. The smallest absolute Gasteiger partial charge is 0.251 e. The zero-order valence-electron chi connectivity index (χ0n) is 16.6. The van der Waals surface area contributed by atoms with Gasteiger partial charge in [-0.15, -0.1) is 24.0 Å². The normalized spacial score (nSPS) is 14.5. The van der Waals surface area contributed by atoms with Crippen molar-refractivity contribution in [3.63, 3.8) is 0 Å². The largest absolute Gasteiger partial charge is 0.357 e. The summed E-state index contributed by atoms with van der Waals surface area (Å²) in [5.74, 6) is 0.415. The molecular weight excluding hydrogens is 482 g/mol. The molecule has 2 aromatic rings. The number of aliphatic imine (C=N–C) groups is 1. The summed E-state index contributed by atoms with van der Waals surface area (Å²) in [5, 5.41) is 9.35. The van der Waals surface area contributed by atoms with Crippen molar-refractivity contribution in [1.29, 1.82) is 0 Å². The molecule has 0 spiro atoms. The van der Waals surface area contributed by atoms with Crippen molar-refractivity contribution >= 4 is 35.8 Å². The predicted octanol–water partition coefficient (Wildman–Crippen LogP) is 3.46. The fourth-order valence-electron chi connectivity index (χ4n) is 3.13. The van der Waals surface area contributed by atoms with Gasteiger partial charge in [-0.3, -0.25) is 9.79 Å². The highest BCUT2D eigenvalue weighted by molar-refractivity contribution is 14.0. The number of benzene rings is 2. The van der Waals surface area contributed by atoms with Gasteiger partial charge >= 0.3 is 0 Å². The molecule has 0 unspecified atom stereocenters. The topological polar surface area (TPSA) is 65.5 Å². The molecule has 0 bridgehead atoms. The van der Waals surface area contributed by atoms with Crippen molar-refractivity contribution in [2.75, 3.05) is 26.2 Å².